The number of benzene rings is 2. The summed E-state index contributed by atoms with van der Waals surface area (Å²) in [6.45, 7) is 4.83. The molecule has 3 rings (SSSR count). The summed E-state index contributed by atoms with van der Waals surface area (Å²) in [7, 11) is 1.57. The van der Waals surface area contributed by atoms with Gasteiger partial charge in [-0.25, -0.2) is 4.79 Å². The van der Waals surface area contributed by atoms with Crippen LogP contribution in [0.4, 0.5) is 4.79 Å². The minimum atomic E-state index is -0.453. The number of ether oxygens (including phenoxy) is 3. The Morgan fingerprint density at radius 2 is 1.64 bits per heavy atom. The second kappa shape index (κ2) is 8.47. The van der Waals surface area contributed by atoms with Gasteiger partial charge in [0.2, 0.25) is 11.2 Å². The van der Waals surface area contributed by atoms with E-state index in [4.69, 9.17) is 18.6 Å². The SMILES string of the molecule is CCN(CC)C(=O)Oc1ccc2c(=O)c(Oc3ccc(OC)cc3)coc2c1. The quantitative estimate of drug-likeness (QED) is 0.626. The molecular weight excluding hydrogens is 362 g/mol. The third kappa shape index (κ3) is 4.09. The molecule has 28 heavy (non-hydrogen) atoms. The fraction of sp³-hybridized carbons (Fsp3) is 0.238. The van der Waals surface area contributed by atoms with E-state index in [9.17, 15) is 9.59 Å². The number of carbonyl (C=O) groups excluding carboxylic acids is 1. The van der Waals surface area contributed by atoms with Crippen LogP contribution in [0.5, 0.6) is 23.0 Å². The predicted molar refractivity (Wildman–Crippen MR) is 104 cm³/mol. The van der Waals surface area contributed by atoms with Gasteiger partial charge < -0.3 is 23.5 Å². The highest BCUT2D eigenvalue weighted by Crippen LogP contribution is 2.25. The topological polar surface area (TPSA) is 78.2 Å². The van der Waals surface area contributed by atoms with E-state index in [1.54, 1.807) is 48.4 Å². The van der Waals surface area contributed by atoms with E-state index < -0.39 is 6.09 Å². The average Bonchev–Trinajstić information content (AvgIpc) is 2.71. The molecule has 7 nitrogen and oxygen atoms in total. The zero-order valence-corrected chi connectivity index (χ0v) is 15.9. The molecule has 1 heterocycles. The third-order valence-electron chi connectivity index (χ3n) is 4.23. The van der Waals surface area contributed by atoms with E-state index in [0.717, 1.165) is 0 Å². The number of methoxy groups -OCH3 is 1. The molecule has 0 aliphatic rings. The summed E-state index contributed by atoms with van der Waals surface area (Å²) >= 11 is 0. The van der Waals surface area contributed by atoms with Gasteiger partial charge in [-0.15, -0.1) is 0 Å². The van der Waals surface area contributed by atoms with Crippen LogP contribution in [0.2, 0.25) is 0 Å². The van der Waals surface area contributed by atoms with Gasteiger partial charge in [0, 0.05) is 19.2 Å². The molecule has 0 saturated carbocycles. The lowest BCUT2D eigenvalue weighted by Gasteiger charge is -2.17. The van der Waals surface area contributed by atoms with E-state index in [1.807, 2.05) is 13.8 Å². The summed E-state index contributed by atoms with van der Waals surface area (Å²) in [5, 5.41) is 0.327. The van der Waals surface area contributed by atoms with Crippen molar-refractivity contribution in [2.75, 3.05) is 20.2 Å². The number of carbonyl (C=O) groups is 1. The minimum absolute atomic E-state index is 0.0607. The predicted octanol–water partition coefficient (Wildman–Crippen LogP) is 4.43. The van der Waals surface area contributed by atoms with Crippen molar-refractivity contribution in [1.29, 1.82) is 0 Å². The van der Waals surface area contributed by atoms with E-state index in [0.29, 0.717) is 41.3 Å². The van der Waals surface area contributed by atoms with Gasteiger partial charge in [-0.1, -0.05) is 0 Å². The Bertz CT molecular complexity index is 1020. The number of nitrogens with zero attached hydrogens (tertiary/aromatic N) is 1. The van der Waals surface area contributed by atoms with Gasteiger partial charge in [0.05, 0.1) is 12.5 Å². The van der Waals surface area contributed by atoms with Gasteiger partial charge in [-0.2, -0.15) is 0 Å². The highest BCUT2D eigenvalue weighted by molar-refractivity contribution is 5.80. The minimum Gasteiger partial charge on any atom is -0.497 e. The van der Waals surface area contributed by atoms with E-state index in [-0.39, 0.29) is 11.2 Å². The molecular formula is C21H21NO6. The molecule has 1 amide bonds. The second-order valence-electron chi connectivity index (χ2n) is 5.90. The lowest BCUT2D eigenvalue weighted by Crippen LogP contribution is -2.33. The number of rotatable bonds is 6. The molecule has 0 saturated heterocycles. The van der Waals surface area contributed by atoms with Crippen LogP contribution < -0.4 is 19.6 Å². The van der Waals surface area contributed by atoms with Crippen LogP contribution >= 0.6 is 0 Å². The van der Waals surface area contributed by atoms with Gasteiger partial charge >= 0.3 is 6.09 Å². The van der Waals surface area contributed by atoms with Gasteiger partial charge in [-0.3, -0.25) is 4.79 Å². The Morgan fingerprint density at radius 1 is 1.00 bits per heavy atom. The van der Waals surface area contributed by atoms with E-state index >= 15 is 0 Å². The summed E-state index contributed by atoms with van der Waals surface area (Å²) in [5.74, 6) is 1.53. The number of fused-ring (bicyclic) bond motifs is 1. The van der Waals surface area contributed by atoms with Gasteiger partial charge in [0.1, 0.15) is 29.1 Å². The molecule has 0 aliphatic heterocycles. The molecule has 0 spiro atoms. The molecule has 0 aliphatic carbocycles. The Labute approximate surface area is 162 Å². The van der Waals surface area contributed by atoms with Crippen LogP contribution in [-0.2, 0) is 0 Å². The zero-order chi connectivity index (χ0) is 20.1. The Balaban J connectivity index is 1.83. The fourth-order valence-electron chi connectivity index (χ4n) is 2.64. The summed E-state index contributed by atoms with van der Waals surface area (Å²) in [4.78, 5) is 26.3. The molecule has 0 radical (unpaired) electrons. The smallest absolute Gasteiger partial charge is 0.415 e. The zero-order valence-electron chi connectivity index (χ0n) is 15.9. The first-order chi connectivity index (χ1) is 13.5. The van der Waals surface area contributed by atoms with E-state index in [1.165, 1.54) is 12.3 Å². The summed E-state index contributed by atoms with van der Waals surface area (Å²) < 4.78 is 21.6. The van der Waals surface area contributed by atoms with Crippen molar-refractivity contribution in [3.05, 3.63) is 59.0 Å². The molecule has 2 aromatic carbocycles. The molecule has 0 fully saturated rings. The highest BCUT2D eigenvalue weighted by atomic mass is 16.6. The van der Waals surface area contributed by atoms with Crippen LogP contribution in [0.25, 0.3) is 11.0 Å². The second-order valence-corrected chi connectivity index (χ2v) is 5.90. The highest BCUT2D eigenvalue weighted by Gasteiger charge is 2.14. The van der Waals surface area contributed by atoms with Crippen LogP contribution in [-0.4, -0.2) is 31.2 Å². The molecule has 7 heteroatoms. The summed E-state index contributed by atoms with van der Waals surface area (Å²) in [5.41, 5.74) is -0.0179. The average molecular weight is 383 g/mol. The largest absolute Gasteiger partial charge is 0.497 e. The third-order valence-corrected chi connectivity index (χ3v) is 4.23. The Kier molecular flexibility index (Phi) is 5.84. The first-order valence-electron chi connectivity index (χ1n) is 8.90. The molecule has 0 unspecified atom stereocenters. The fourth-order valence-corrected chi connectivity index (χ4v) is 2.64. The van der Waals surface area contributed by atoms with Crippen molar-refractivity contribution in [2.24, 2.45) is 0 Å². The lowest BCUT2D eigenvalue weighted by atomic mass is 10.2. The van der Waals surface area contributed by atoms with Crippen molar-refractivity contribution >= 4 is 17.1 Å². The lowest BCUT2D eigenvalue weighted by molar-refractivity contribution is 0.157. The maximum atomic E-state index is 12.7. The molecule has 0 bridgehead atoms. The van der Waals surface area contributed by atoms with Crippen molar-refractivity contribution < 1.29 is 23.4 Å². The Morgan fingerprint density at radius 3 is 2.29 bits per heavy atom. The Hall–Kier alpha value is -3.48. The van der Waals surface area contributed by atoms with Crippen LogP contribution in [0.3, 0.4) is 0 Å². The van der Waals surface area contributed by atoms with Crippen molar-refractivity contribution in [1.82, 2.24) is 4.90 Å². The first kappa shape index (κ1) is 19.3. The monoisotopic (exact) mass is 383 g/mol. The number of hydrogen-bond acceptors (Lipinski definition) is 6. The van der Waals surface area contributed by atoms with Gasteiger partial charge in [-0.05, 0) is 50.2 Å². The normalized spacial score (nSPS) is 10.5. The molecule has 0 atom stereocenters. The number of hydrogen-bond donors (Lipinski definition) is 0. The first-order valence-corrected chi connectivity index (χ1v) is 8.90. The summed E-state index contributed by atoms with van der Waals surface area (Å²) in [6, 6.07) is 11.5. The van der Waals surface area contributed by atoms with Gasteiger partial charge in [0.25, 0.3) is 0 Å². The van der Waals surface area contributed by atoms with Crippen LogP contribution in [0.15, 0.2) is 57.9 Å². The standard InChI is InChI=1S/C21H21NO6/c1-4-22(5-2)21(24)28-16-10-11-17-18(12-16)26-13-19(20(17)23)27-15-8-6-14(25-3)7-9-15/h6-13H,4-5H2,1-3H3. The molecule has 1 aromatic heterocycles. The van der Waals surface area contributed by atoms with Gasteiger partial charge in [0.15, 0.2) is 0 Å². The molecule has 146 valence electrons. The van der Waals surface area contributed by atoms with E-state index in [2.05, 4.69) is 0 Å². The van der Waals surface area contributed by atoms with Crippen molar-refractivity contribution in [2.45, 2.75) is 13.8 Å². The molecule has 0 N–H and O–H groups in total. The maximum Gasteiger partial charge on any atom is 0.415 e. The summed E-state index contributed by atoms with van der Waals surface area (Å²) in [6.07, 6.45) is 0.788. The van der Waals surface area contributed by atoms with Crippen LogP contribution in [0, 0.1) is 0 Å². The van der Waals surface area contributed by atoms with Crippen molar-refractivity contribution in [3.63, 3.8) is 0 Å². The van der Waals surface area contributed by atoms with Crippen LogP contribution in [0.1, 0.15) is 13.8 Å². The van der Waals surface area contributed by atoms with Crippen molar-refractivity contribution in [3.8, 4) is 23.0 Å². The molecule has 3 aromatic rings. The number of amides is 1. The maximum absolute atomic E-state index is 12.7.